The number of benzene rings is 1. The topological polar surface area (TPSA) is 40.5 Å². The van der Waals surface area contributed by atoms with Crippen LogP contribution in [0, 0.1) is 6.92 Å². The maximum absolute atomic E-state index is 12.5. The Bertz CT molecular complexity index is 493. The van der Waals surface area contributed by atoms with Crippen LogP contribution in [-0.4, -0.2) is 34.1 Å². The molecule has 0 radical (unpaired) electrons. The van der Waals surface area contributed by atoms with Gasteiger partial charge in [-0.25, -0.2) is 0 Å². The van der Waals surface area contributed by atoms with Gasteiger partial charge < -0.3 is 10.0 Å². The fourth-order valence-electron chi connectivity index (χ4n) is 2.69. The number of carbonyl (C=O) groups excluding carboxylic acids is 1. The van der Waals surface area contributed by atoms with Crippen LogP contribution in [0.15, 0.2) is 18.2 Å². The minimum absolute atomic E-state index is 0.0237. The number of hydrogen-bond acceptors (Lipinski definition) is 2. The first-order valence-electron chi connectivity index (χ1n) is 6.60. The van der Waals surface area contributed by atoms with E-state index in [-0.39, 0.29) is 11.9 Å². The molecular weight excluding hydrogens is 262 g/mol. The number of nitrogens with zero attached hydrogens (tertiary/aromatic N) is 1. The molecule has 0 saturated carbocycles. The van der Waals surface area contributed by atoms with E-state index >= 15 is 0 Å². The van der Waals surface area contributed by atoms with E-state index in [1.165, 1.54) is 0 Å². The lowest BCUT2D eigenvalue weighted by molar-refractivity contribution is 0.000334. The molecule has 104 valence electrons. The summed E-state index contributed by atoms with van der Waals surface area (Å²) in [7, 11) is 0. The van der Waals surface area contributed by atoms with Gasteiger partial charge in [-0.3, -0.25) is 4.79 Å². The number of likely N-dealkylation sites (tertiary alicyclic amines) is 1. The van der Waals surface area contributed by atoms with Crippen LogP contribution < -0.4 is 0 Å². The number of aliphatic hydroxyl groups is 1. The molecule has 1 amide bonds. The molecule has 1 fully saturated rings. The van der Waals surface area contributed by atoms with Crippen molar-refractivity contribution in [3.63, 3.8) is 0 Å². The van der Waals surface area contributed by atoms with Crippen molar-refractivity contribution >= 4 is 17.5 Å². The average molecular weight is 282 g/mol. The van der Waals surface area contributed by atoms with Gasteiger partial charge in [-0.15, -0.1) is 0 Å². The minimum atomic E-state index is -0.867. The lowest BCUT2D eigenvalue weighted by Gasteiger charge is -2.34. The number of halogens is 1. The van der Waals surface area contributed by atoms with E-state index < -0.39 is 5.60 Å². The summed E-state index contributed by atoms with van der Waals surface area (Å²) in [5.41, 5.74) is 0.665. The molecule has 4 heteroatoms. The smallest absolute Gasteiger partial charge is 0.254 e. The van der Waals surface area contributed by atoms with Crippen LogP contribution in [0.3, 0.4) is 0 Å². The molecule has 0 bridgehead atoms. The van der Waals surface area contributed by atoms with Crippen molar-refractivity contribution in [3.05, 3.63) is 34.3 Å². The first kappa shape index (κ1) is 14.4. The van der Waals surface area contributed by atoms with E-state index in [4.69, 9.17) is 11.6 Å². The Hall–Kier alpha value is -1.06. The van der Waals surface area contributed by atoms with Crippen LogP contribution in [0.25, 0.3) is 0 Å². The molecule has 2 rings (SSSR count). The summed E-state index contributed by atoms with van der Waals surface area (Å²) < 4.78 is 0. The molecule has 0 spiro atoms. The summed E-state index contributed by atoms with van der Waals surface area (Å²) in [5, 5.41) is 10.8. The maximum atomic E-state index is 12.5. The summed E-state index contributed by atoms with van der Waals surface area (Å²) in [6.45, 7) is 6.11. The monoisotopic (exact) mass is 281 g/mol. The normalized spacial score (nSPS) is 19.8. The summed E-state index contributed by atoms with van der Waals surface area (Å²) in [6.07, 6.45) is 1.79. The van der Waals surface area contributed by atoms with E-state index in [0.717, 1.165) is 18.4 Å². The van der Waals surface area contributed by atoms with Crippen molar-refractivity contribution in [2.24, 2.45) is 0 Å². The third kappa shape index (κ3) is 2.93. The maximum Gasteiger partial charge on any atom is 0.254 e. The highest BCUT2D eigenvalue weighted by atomic mass is 35.5. The van der Waals surface area contributed by atoms with Crippen molar-refractivity contribution in [1.82, 2.24) is 4.90 Å². The predicted octanol–water partition coefficient (Wildman–Crippen LogP) is 3.02. The zero-order valence-corrected chi connectivity index (χ0v) is 12.4. The molecular formula is C15H20ClNO2. The fourth-order valence-corrected chi connectivity index (χ4v) is 2.81. The number of carbonyl (C=O) groups is 1. The lowest BCUT2D eigenvalue weighted by atomic mass is 9.96. The highest BCUT2D eigenvalue weighted by molar-refractivity contribution is 6.31. The Balaban J connectivity index is 2.26. The molecule has 1 saturated heterocycles. The number of amides is 1. The molecule has 1 N–H and O–H groups in total. The van der Waals surface area contributed by atoms with Crippen molar-refractivity contribution in [2.75, 3.05) is 6.54 Å². The van der Waals surface area contributed by atoms with E-state index in [1.54, 1.807) is 30.9 Å². The Morgan fingerprint density at radius 1 is 1.47 bits per heavy atom. The molecule has 1 aliphatic rings. The second kappa shape index (κ2) is 5.14. The minimum Gasteiger partial charge on any atom is -0.388 e. The van der Waals surface area contributed by atoms with Crippen molar-refractivity contribution < 1.29 is 9.90 Å². The standard InChI is InChI=1S/C15H20ClNO2/c1-10-9-11(6-7-12(10)16)14(18)17-8-4-5-13(17)15(2,3)19/h6-7,9,13,19H,4-5,8H2,1-3H3/t13-/m0/s1. The van der Waals surface area contributed by atoms with Crippen LogP contribution in [0.1, 0.15) is 42.6 Å². The predicted molar refractivity (Wildman–Crippen MR) is 76.5 cm³/mol. The second-order valence-electron chi connectivity index (χ2n) is 5.77. The molecule has 3 nitrogen and oxygen atoms in total. The molecule has 1 atom stereocenters. The first-order chi connectivity index (χ1) is 8.80. The van der Waals surface area contributed by atoms with E-state index in [0.29, 0.717) is 17.1 Å². The van der Waals surface area contributed by atoms with E-state index in [1.807, 2.05) is 13.0 Å². The first-order valence-corrected chi connectivity index (χ1v) is 6.98. The van der Waals surface area contributed by atoms with E-state index in [2.05, 4.69) is 0 Å². The lowest BCUT2D eigenvalue weighted by Crippen LogP contribution is -2.48. The number of aryl methyl sites for hydroxylation is 1. The van der Waals surface area contributed by atoms with Crippen LogP contribution in [0.5, 0.6) is 0 Å². The highest BCUT2D eigenvalue weighted by Crippen LogP contribution is 2.28. The van der Waals surface area contributed by atoms with Crippen molar-refractivity contribution in [3.8, 4) is 0 Å². The van der Waals surface area contributed by atoms with Crippen molar-refractivity contribution in [1.29, 1.82) is 0 Å². The summed E-state index contributed by atoms with van der Waals surface area (Å²) in [4.78, 5) is 14.3. The number of hydrogen-bond donors (Lipinski definition) is 1. The van der Waals surface area contributed by atoms with Gasteiger partial charge >= 0.3 is 0 Å². The highest BCUT2D eigenvalue weighted by Gasteiger charge is 2.38. The van der Waals surface area contributed by atoms with Crippen LogP contribution in [0.2, 0.25) is 5.02 Å². The van der Waals surface area contributed by atoms with Crippen LogP contribution in [-0.2, 0) is 0 Å². The van der Waals surface area contributed by atoms with Crippen LogP contribution in [0.4, 0.5) is 0 Å². The Morgan fingerprint density at radius 2 is 2.16 bits per heavy atom. The summed E-state index contributed by atoms with van der Waals surface area (Å²) in [6, 6.07) is 5.19. The molecule has 1 aliphatic heterocycles. The van der Waals surface area contributed by atoms with Crippen molar-refractivity contribution in [2.45, 2.75) is 45.3 Å². The zero-order chi connectivity index (χ0) is 14.2. The summed E-state index contributed by atoms with van der Waals surface area (Å²) >= 11 is 5.98. The quantitative estimate of drug-likeness (QED) is 0.905. The van der Waals surface area contributed by atoms with Gasteiger partial charge in [0.15, 0.2) is 0 Å². The van der Waals surface area contributed by atoms with Gasteiger partial charge in [-0.05, 0) is 57.4 Å². The van der Waals surface area contributed by atoms with Gasteiger partial charge in [0, 0.05) is 17.1 Å². The van der Waals surface area contributed by atoms with Gasteiger partial charge in [-0.2, -0.15) is 0 Å². The fraction of sp³-hybridized carbons (Fsp3) is 0.533. The average Bonchev–Trinajstić information content (AvgIpc) is 2.80. The molecule has 0 aromatic heterocycles. The SMILES string of the molecule is Cc1cc(C(=O)N2CCC[C@H]2C(C)(C)O)ccc1Cl. The molecule has 0 unspecified atom stereocenters. The molecule has 1 aromatic rings. The molecule has 19 heavy (non-hydrogen) atoms. The second-order valence-corrected chi connectivity index (χ2v) is 6.18. The van der Waals surface area contributed by atoms with Gasteiger partial charge in [0.1, 0.15) is 0 Å². The Morgan fingerprint density at radius 3 is 2.74 bits per heavy atom. The van der Waals surface area contributed by atoms with Crippen LogP contribution >= 0.6 is 11.6 Å². The van der Waals surface area contributed by atoms with Gasteiger partial charge in [0.2, 0.25) is 0 Å². The van der Waals surface area contributed by atoms with Gasteiger partial charge in [0.25, 0.3) is 5.91 Å². The van der Waals surface area contributed by atoms with Gasteiger partial charge in [-0.1, -0.05) is 11.6 Å². The largest absolute Gasteiger partial charge is 0.388 e. The van der Waals surface area contributed by atoms with Gasteiger partial charge in [0.05, 0.1) is 11.6 Å². The molecule has 1 aromatic carbocycles. The molecule has 0 aliphatic carbocycles. The number of rotatable bonds is 2. The zero-order valence-electron chi connectivity index (χ0n) is 11.6. The summed E-state index contributed by atoms with van der Waals surface area (Å²) in [5.74, 6) is -0.0237. The third-order valence-corrected chi connectivity index (χ3v) is 4.16. The molecule has 1 heterocycles. The Kier molecular flexibility index (Phi) is 3.88. The van der Waals surface area contributed by atoms with E-state index in [9.17, 15) is 9.90 Å². The third-order valence-electron chi connectivity index (χ3n) is 3.73. The Labute approximate surface area is 119 Å².